The van der Waals surface area contributed by atoms with Crippen molar-refractivity contribution in [2.45, 2.75) is 38.5 Å². The Balaban J connectivity index is 1.63. The third kappa shape index (κ3) is 1.99. The standard InChI is InChI=1S/C10H17NO/c12-10(9-5-6-9)11-7-8-3-1-2-4-8/h8-9H,1-7H2,(H,11,12). The van der Waals surface area contributed by atoms with Gasteiger partial charge in [-0.3, -0.25) is 4.79 Å². The molecule has 2 rings (SSSR count). The van der Waals surface area contributed by atoms with Gasteiger partial charge in [0.15, 0.2) is 0 Å². The predicted octanol–water partition coefficient (Wildman–Crippen LogP) is 1.70. The largest absolute Gasteiger partial charge is 0.356 e. The van der Waals surface area contributed by atoms with Crippen LogP contribution in [-0.2, 0) is 4.79 Å². The highest BCUT2D eigenvalue weighted by molar-refractivity contribution is 5.80. The highest BCUT2D eigenvalue weighted by Crippen LogP contribution is 2.29. The fourth-order valence-corrected chi connectivity index (χ4v) is 1.95. The molecule has 0 heterocycles. The summed E-state index contributed by atoms with van der Waals surface area (Å²) in [6.45, 7) is 0.940. The van der Waals surface area contributed by atoms with Crippen LogP contribution in [0.3, 0.4) is 0 Å². The van der Waals surface area contributed by atoms with E-state index in [9.17, 15) is 4.79 Å². The van der Waals surface area contributed by atoms with Crippen molar-refractivity contribution >= 4 is 5.91 Å². The fourth-order valence-electron chi connectivity index (χ4n) is 1.95. The molecule has 0 radical (unpaired) electrons. The van der Waals surface area contributed by atoms with E-state index in [2.05, 4.69) is 5.32 Å². The molecule has 1 N–H and O–H groups in total. The first kappa shape index (κ1) is 8.09. The van der Waals surface area contributed by atoms with E-state index in [1.54, 1.807) is 0 Å². The molecule has 2 saturated carbocycles. The summed E-state index contributed by atoms with van der Waals surface area (Å²) in [6.07, 6.45) is 7.62. The number of carbonyl (C=O) groups is 1. The number of hydrogen-bond acceptors (Lipinski definition) is 1. The summed E-state index contributed by atoms with van der Waals surface area (Å²) in [7, 11) is 0. The molecule has 12 heavy (non-hydrogen) atoms. The van der Waals surface area contributed by atoms with E-state index in [4.69, 9.17) is 0 Å². The molecule has 0 aromatic rings. The summed E-state index contributed by atoms with van der Waals surface area (Å²) in [6, 6.07) is 0. The third-order valence-corrected chi connectivity index (χ3v) is 2.99. The van der Waals surface area contributed by atoms with Gasteiger partial charge in [0.25, 0.3) is 0 Å². The van der Waals surface area contributed by atoms with Crippen LogP contribution in [0.1, 0.15) is 38.5 Å². The van der Waals surface area contributed by atoms with Crippen molar-refractivity contribution in [3.05, 3.63) is 0 Å². The summed E-state index contributed by atoms with van der Waals surface area (Å²) >= 11 is 0. The molecule has 68 valence electrons. The SMILES string of the molecule is O=C(NCC1CCCC1)C1CC1. The zero-order valence-electron chi connectivity index (χ0n) is 7.51. The van der Waals surface area contributed by atoms with Crippen LogP contribution in [0, 0.1) is 11.8 Å². The molecule has 2 fully saturated rings. The van der Waals surface area contributed by atoms with E-state index in [1.807, 2.05) is 0 Å². The van der Waals surface area contributed by atoms with Crippen LogP contribution in [0.5, 0.6) is 0 Å². The minimum absolute atomic E-state index is 0.307. The van der Waals surface area contributed by atoms with Gasteiger partial charge in [-0.1, -0.05) is 12.8 Å². The molecule has 0 spiro atoms. The fraction of sp³-hybridized carbons (Fsp3) is 0.900. The van der Waals surface area contributed by atoms with Gasteiger partial charge in [-0.15, -0.1) is 0 Å². The number of amides is 1. The number of nitrogens with one attached hydrogen (secondary N) is 1. The van der Waals surface area contributed by atoms with Crippen molar-refractivity contribution in [2.75, 3.05) is 6.54 Å². The maximum Gasteiger partial charge on any atom is 0.223 e. The van der Waals surface area contributed by atoms with E-state index in [-0.39, 0.29) is 0 Å². The normalized spacial score (nSPS) is 24.3. The van der Waals surface area contributed by atoms with E-state index < -0.39 is 0 Å². The first-order valence-electron chi connectivity index (χ1n) is 5.14. The molecule has 2 nitrogen and oxygen atoms in total. The second kappa shape index (κ2) is 3.46. The molecule has 0 saturated heterocycles. The smallest absolute Gasteiger partial charge is 0.223 e. The minimum atomic E-state index is 0.307. The topological polar surface area (TPSA) is 29.1 Å². The summed E-state index contributed by atoms with van der Waals surface area (Å²) in [5, 5.41) is 3.05. The Bertz CT molecular complexity index is 169. The molecule has 0 atom stereocenters. The molecule has 0 bridgehead atoms. The van der Waals surface area contributed by atoms with Crippen LogP contribution >= 0.6 is 0 Å². The molecular formula is C10H17NO. The van der Waals surface area contributed by atoms with Gasteiger partial charge in [0.05, 0.1) is 0 Å². The van der Waals surface area contributed by atoms with Crippen molar-refractivity contribution in [3.8, 4) is 0 Å². The van der Waals surface area contributed by atoms with Crippen LogP contribution in [-0.4, -0.2) is 12.5 Å². The summed E-state index contributed by atoms with van der Waals surface area (Å²) in [4.78, 5) is 11.3. The quantitative estimate of drug-likeness (QED) is 0.681. The van der Waals surface area contributed by atoms with Crippen LogP contribution in [0.2, 0.25) is 0 Å². The zero-order chi connectivity index (χ0) is 8.39. The Labute approximate surface area is 73.7 Å². The van der Waals surface area contributed by atoms with Crippen LogP contribution in [0.25, 0.3) is 0 Å². The number of carbonyl (C=O) groups excluding carboxylic acids is 1. The molecule has 1 amide bonds. The molecule has 2 aliphatic carbocycles. The second-order valence-corrected chi connectivity index (χ2v) is 4.17. The summed E-state index contributed by atoms with van der Waals surface area (Å²) in [5.74, 6) is 1.47. The molecule has 0 aliphatic heterocycles. The maximum atomic E-state index is 11.3. The Kier molecular flexibility index (Phi) is 2.33. The van der Waals surface area contributed by atoms with Crippen molar-refractivity contribution in [3.63, 3.8) is 0 Å². The lowest BCUT2D eigenvalue weighted by atomic mass is 10.1. The van der Waals surface area contributed by atoms with E-state index in [0.717, 1.165) is 25.3 Å². The van der Waals surface area contributed by atoms with Crippen molar-refractivity contribution in [2.24, 2.45) is 11.8 Å². The van der Waals surface area contributed by atoms with E-state index in [1.165, 1.54) is 25.7 Å². The van der Waals surface area contributed by atoms with Gasteiger partial charge in [-0.25, -0.2) is 0 Å². The van der Waals surface area contributed by atoms with Gasteiger partial charge < -0.3 is 5.32 Å². The Morgan fingerprint density at radius 3 is 2.42 bits per heavy atom. The number of hydrogen-bond donors (Lipinski definition) is 1. The third-order valence-electron chi connectivity index (χ3n) is 2.99. The Hall–Kier alpha value is -0.530. The molecule has 0 aromatic heterocycles. The van der Waals surface area contributed by atoms with Crippen molar-refractivity contribution < 1.29 is 4.79 Å². The van der Waals surface area contributed by atoms with Gasteiger partial charge in [-0.05, 0) is 31.6 Å². The van der Waals surface area contributed by atoms with Crippen molar-refractivity contribution in [1.29, 1.82) is 0 Å². The molecule has 0 unspecified atom stereocenters. The van der Waals surface area contributed by atoms with Gasteiger partial charge in [0, 0.05) is 12.5 Å². The van der Waals surface area contributed by atoms with Crippen LogP contribution < -0.4 is 5.32 Å². The Morgan fingerprint density at radius 1 is 1.17 bits per heavy atom. The van der Waals surface area contributed by atoms with Crippen LogP contribution in [0.15, 0.2) is 0 Å². The van der Waals surface area contributed by atoms with Crippen LogP contribution in [0.4, 0.5) is 0 Å². The minimum Gasteiger partial charge on any atom is -0.356 e. The first-order valence-corrected chi connectivity index (χ1v) is 5.14. The lowest BCUT2D eigenvalue weighted by Gasteiger charge is -2.09. The molecule has 0 aromatic carbocycles. The highest BCUT2D eigenvalue weighted by Gasteiger charge is 2.29. The first-order chi connectivity index (χ1) is 5.86. The second-order valence-electron chi connectivity index (χ2n) is 4.17. The van der Waals surface area contributed by atoms with Gasteiger partial charge in [0.1, 0.15) is 0 Å². The van der Waals surface area contributed by atoms with Crippen molar-refractivity contribution in [1.82, 2.24) is 5.32 Å². The lowest BCUT2D eigenvalue weighted by Crippen LogP contribution is -2.29. The monoisotopic (exact) mass is 167 g/mol. The maximum absolute atomic E-state index is 11.3. The lowest BCUT2D eigenvalue weighted by molar-refractivity contribution is -0.122. The van der Waals surface area contributed by atoms with E-state index >= 15 is 0 Å². The predicted molar refractivity (Wildman–Crippen MR) is 47.7 cm³/mol. The van der Waals surface area contributed by atoms with Gasteiger partial charge in [-0.2, -0.15) is 0 Å². The van der Waals surface area contributed by atoms with E-state index in [0.29, 0.717) is 11.8 Å². The highest BCUT2D eigenvalue weighted by atomic mass is 16.2. The zero-order valence-corrected chi connectivity index (χ0v) is 7.51. The average Bonchev–Trinajstić information content (AvgIpc) is 2.80. The molecule has 2 heteroatoms. The summed E-state index contributed by atoms with van der Waals surface area (Å²) < 4.78 is 0. The van der Waals surface area contributed by atoms with Gasteiger partial charge >= 0.3 is 0 Å². The molecule has 2 aliphatic rings. The molecular weight excluding hydrogens is 150 g/mol. The van der Waals surface area contributed by atoms with Gasteiger partial charge in [0.2, 0.25) is 5.91 Å². The average molecular weight is 167 g/mol. The summed E-state index contributed by atoms with van der Waals surface area (Å²) in [5.41, 5.74) is 0. The Morgan fingerprint density at radius 2 is 1.83 bits per heavy atom. The number of rotatable bonds is 3.